The van der Waals surface area contributed by atoms with E-state index in [0.717, 1.165) is 44.0 Å². The van der Waals surface area contributed by atoms with Crippen LogP contribution in [0.4, 0.5) is 0 Å². The third kappa shape index (κ3) is 2.86. The molecule has 0 bridgehead atoms. The minimum Gasteiger partial charge on any atom is -0.486 e. The van der Waals surface area contributed by atoms with E-state index in [1.165, 1.54) is 18.4 Å². The Labute approximate surface area is 143 Å². The van der Waals surface area contributed by atoms with Crippen molar-refractivity contribution in [3.63, 3.8) is 0 Å². The average Bonchev–Trinajstić information content (AvgIpc) is 3.23. The van der Waals surface area contributed by atoms with Gasteiger partial charge in [-0.15, -0.1) is 0 Å². The maximum absolute atomic E-state index is 11.9. The Morgan fingerprint density at radius 3 is 2.79 bits per heavy atom. The van der Waals surface area contributed by atoms with Crippen LogP contribution in [-0.2, 0) is 11.3 Å². The first-order valence-corrected chi connectivity index (χ1v) is 9.13. The second-order valence-corrected chi connectivity index (χ2v) is 7.04. The van der Waals surface area contributed by atoms with Crippen LogP contribution in [0, 0.1) is 0 Å². The number of fused-ring (bicyclic) bond motifs is 1. The van der Waals surface area contributed by atoms with E-state index in [-0.39, 0.29) is 5.91 Å². The number of para-hydroxylation sites is 1. The maximum Gasteiger partial charge on any atom is 0.219 e. The minimum atomic E-state index is 0.221. The highest BCUT2D eigenvalue weighted by molar-refractivity contribution is 5.74. The number of amides is 1. The quantitative estimate of drug-likeness (QED) is 0.854. The third-order valence-corrected chi connectivity index (χ3v) is 5.58. The van der Waals surface area contributed by atoms with Crippen molar-refractivity contribution in [3.8, 4) is 11.5 Å². The molecule has 1 aromatic rings. The monoisotopic (exact) mass is 330 g/mol. The van der Waals surface area contributed by atoms with E-state index < -0.39 is 0 Å². The van der Waals surface area contributed by atoms with Gasteiger partial charge >= 0.3 is 0 Å². The molecule has 0 aliphatic carbocycles. The first-order valence-electron chi connectivity index (χ1n) is 9.13. The van der Waals surface area contributed by atoms with Crippen molar-refractivity contribution < 1.29 is 14.3 Å². The van der Waals surface area contributed by atoms with Crippen molar-refractivity contribution >= 4 is 5.91 Å². The first kappa shape index (κ1) is 15.8. The molecule has 3 aliphatic rings. The van der Waals surface area contributed by atoms with E-state index in [1.807, 2.05) is 12.1 Å². The summed E-state index contributed by atoms with van der Waals surface area (Å²) >= 11 is 0. The maximum atomic E-state index is 11.9. The fraction of sp³-hybridized carbons (Fsp3) is 0.632. The van der Waals surface area contributed by atoms with Gasteiger partial charge in [0, 0.05) is 37.7 Å². The zero-order chi connectivity index (χ0) is 16.5. The summed E-state index contributed by atoms with van der Waals surface area (Å²) < 4.78 is 11.6. The molecule has 1 aromatic carbocycles. The summed E-state index contributed by atoms with van der Waals surface area (Å²) in [6, 6.07) is 7.01. The molecule has 0 aromatic heterocycles. The SMILES string of the molecule is CC(=O)N1CCC[C@@H]1[C@H]1CCCN1Cc1cccc2c1OCCO2. The second-order valence-electron chi connectivity index (χ2n) is 7.04. The van der Waals surface area contributed by atoms with E-state index >= 15 is 0 Å². The Hall–Kier alpha value is -1.75. The Kier molecular flexibility index (Phi) is 4.35. The lowest BCUT2D eigenvalue weighted by atomic mass is 10.0. The van der Waals surface area contributed by atoms with Crippen LogP contribution in [0.1, 0.15) is 38.2 Å². The van der Waals surface area contributed by atoms with Crippen LogP contribution in [0.2, 0.25) is 0 Å². The van der Waals surface area contributed by atoms with Gasteiger partial charge in [-0.1, -0.05) is 12.1 Å². The number of carbonyl (C=O) groups excluding carboxylic acids is 1. The molecule has 0 unspecified atom stereocenters. The van der Waals surface area contributed by atoms with Crippen LogP contribution in [0.25, 0.3) is 0 Å². The number of nitrogens with zero attached hydrogens (tertiary/aromatic N) is 2. The van der Waals surface area contributed by atoms with E-state index in [2.05, 4.69) is 15.9 Å². The predicted molar refractivity (Wildman–Crippen MR) is 91.3 cm³/mol. The highest BCUT2D eigenvalue weighted by Crippen LogP contribution is 2.37. The second kappa shape index (κ2) is 6.63. The minimum absolute atomic E-state index is 0.221. The fourth-order valence-corrected chi connectivity index (χ4v) is 4.54. The number of likely N-dealkylation sites (tertiary alicyclic amines) is 2. The average molecular weight is 330 g/mol. The number of hydrogen-bond donors (Lipinski definition) is 0. The summed E-state index contributed by atoms with van der Waals surface area (Å²) in [6.45, 7) is 5.84. The lowest BCUT2D eigenvalue weighted by molar-refractivity contribution is -0.130. The molecule has 2 saturated heterocycles. The standard InChI is InChI=1S/C19H26N2O3/c1-14(22)21-10-4-7-17(21)16-6-3-9-20(16)13-15-5-2-8-18-19(15)24-12-11-23-18/h2,5,8,16-17H,3-4,6-7,9-13H2,1H3/t16-,17-/m1/s1. The fourth-order valence-electron chi connectivity index (χ4n) is 4.54. The molecule has 0 N–H and O–H groups in total. The largest absolute Gasteiger partial charge is 0.486 e. The summed E-state index contributed by atoms with van der Waals surface area (Å²) in [4.78, 5) is 16.6. The van der Waals surface area contributed by atoms with Crippen molar-refractivity contribution in [1.29, 1.82) is 0 Å². The van der Waals surface area contributed by atoms with E-state index in [0.29, 0.717) is 25.3 Å². The molecule has 2 fully saturated rings. The van der Waals surface area contributed by atoms with Crippen LogP contribution in [0.3, 0.4) is 0 Å². The number of carbonyl (C=O) groups is 1. The highest BCUT2D eigenvalue weighted by Gasteiger charge is 2.39. The van der Waals surface area contributed by atoms with Gasteiger partial charge in [0.15, 0.2) is 11.5 Å². The molecule has 24 heavy (non-hydrogen) atoms. The van der Waals surface area contributed by atoms with Gasteiger partial charge in [-0.2, -0.15) is 0 Å². The molecule has 1 amide bonds. The molecule has 0 saturated carbocycles. The molecule has 5 heteroatoms. The molecular weight excluding hydrogens is 304 g/mol. The van der Waals surface area contributed by atoms with Gasteiger partial charge in [-0.25, -0.2) is 0 Å². The highest BCUT2D eigenvalue weighted by atomic mass is 16.6. The summed E-state index contributed by atoms with van der Waals surface area (Å²) in [5.74, 6) is 1.99. The van der Waals surface area contributed by atoms with E-state index in [4.69, 9.17) is 9.47 Å². The lowest BCUT2D eigenvalue weighted by Crippen LogP contribution is -2.47. The molecule has 2 atom stereocenters. The summed E-state index contributed by atoms with van der Waals surface area (Å²) in [5, 5.41) is 0. The predicted octanol–water partition coefficient (Wildman–Crippen LogP) is 2.43. The van der Waals surface area contributed by atoms with Gasteiger partial charge in [0.2, 0.25) is 5.91 Å². The number of ether oxygens (including phenoxy) is 2. The van der Waals surface area contributed by atoms with E-state index in [1.54, 1.807) is 6.92 Å². The van der Waals surface area contributed by atoms with Crippen LogP contribution in [0.5, 0.6) is 11.5 Å². The Morgan fingerprint density at radius 1 is 1.12 bits per heavy atom. The normalized spacial score (nSPS) is 26.8. The first-order chi connectivity index (χ1) is 11.7. The zero-order valence-electron chi connectivity index (χ0n) is 14.4. The third-order valence-electron chi connectivity index (χ3n) is 5.58. The molecule has 3 aliphatic heterocycles. The topological polar surface area (TPSA) is 42.0 Å². The van der Waals surface area contributed by atoms with Gasteiger partial charge in [0.05, 0.1) is 0 Å². The van der Waals surface area contributed by atoms with Crippen LogP contribution < -0.4 is 9.47 Å². The summed E-state index contributed by atoms with van der Waals surface area (Å²) in [6.07, 6.45) is 4.65. The molecule has 5 nitrogen and oxygen atoms in total. The van der Waals surface area contributed by atoms with Crippen molar-refractivity contribution in [2.75, 3.05) is 26.3 Å². The van der Waals surface area contributed by atoms with Gasteiger partial charge in [-0.05, 0) is 38.3 Å². The van der Waals surface area contributed by atoms with Crippen LogP contribution in [0.15, 0.2) is 18.2 Å². The summed E-state index contributed by atoms with van der Waals surface area (Å²) in [7, 11) is 0. The van der Waals surface area contributed by atoms with E-state index in [9.17, 15) is 4.79 Å². The molecule has 130 valence electrons. The number of hydrogen-bond acceptors (Lipinski definition) is 4. The lowest BCUT2D eigenvalue weighted by Gasteiger charge is -2.35. The van der Waals surface area contributed by atoms with Crippen LogP contribution in [-0.4, -0.2) is 54.1 Å². The number of rotatable bonds is 3. The zero-order valence-corrected chi connectivity index (χ0v) is 14.4. The molecule has 0 radical (unpaired) electrons. The van der Waals surface area contributed by atoms with Crippen molar-refractivity contribution in [2.45, 2.75) is 51.2 Å². The van der Waals surface area contributed by atoms with Crippen molar-refractivity contribution in [2.24, 2.45) is 0 Å². The van der Waals surface area contributed by atoms with Gasteiger partial charge in [-0.3, -0.25) is 9.69 Å². The summed E-state index contributed by atoms with van der Waals surface area (Å²) in [5.41, 5.74) is 1.20. The smallest absolute Gasteiger partial charge is 0.219 e. The van der Waals surface area contributed by atoms with Gasteiger partial charge in [0.25, 0.3) is 0 Å². The Bertz CT molecular complexity index is 619. The molecule has 4 rings (SSSR count). The van der Waals surface area contributed by atoms with Gasteiger partial charge in [0.1, 0.15) is 13.2 Å². The molecule has 0 spiro atoms. The molecule has 3 heterocycles. The van der Waals surface area contributed by atoms with Gasteiger partial charge < -0.3 is 14.4 Å². The number of benzene rings is 1. The van der Waals surface area contributed by atoms with Crippen molar-refractivity contribution in [1.82, 2.24) is 9.80 Å². The Balaban J connectivity index is 1.53. The van der Waals surface area contributed by atoms with Crippen molar-refractivity contribution in [3.05, 3.63) is 23.8 Å². The molecular formula is C19H26N2O3. The van der Waals surface area contributed by atoms with Crippen LogP contribution >= 0.6 is 0 Å². The Morgan fingerprint density at radius 2 is 1.92 bits per heavy atom.